The van der Waals surface area contributed by atoms with Crippen LogP contribution in [0.15, 0.2) is 35.0 Å². The third-order valence-electron chi connectivity index (χ3n) is 4.67. The molecule has 0 aliphatic rings. The second-order valence-electron chi connectivity index (χ2n) is 6.95. The van der Waals surface area contributed by atoms with Crippen molar-refractivity contribution in [1.82, 2.24) is 19.8 Å². The van der Waals surface area contributed by atoms with Crippen molar-refractivity contribution in [2.24, 2.45) is 0 Å². The van der Waals surface area contributed by atoms with Gasteiger partial charge >= 0.3 is 0 Å². The SMILES string of the molecule is CCn1ccc(CN(C)C(=O)c2noc(C)c2COc2cc(C)ccc2C)n1. The van der Waals surface area contributed by atoms with Crippen molar-refractivity contribution in [2.75, 3.05) is 7.05 Å². The van der Waals surface area contributed by atoms with Gasteiger partial charge in [0, 0.05) is 19.8 Å². The zero-order valence-corrected chi connectivity index (χ0v) is 17.0. The normalized spacial score (nSPS) is 10.9. The van der Waals surface area contributed by atoms with Gasteiger partial charge in [-0.3, -0.25) is 9.48 Å². The molecule has 0 spiro atoms. The first-order chi connectivity index (χ1) is 13.4. The quantitative estimate of drug-likeness (QED) is 0.623. The maximum atomic E-state index is 12.9. The van der Waals surface area contributed by atoms with Crippen LogP contribution >= 0.6 is 0 Å². The van der Waals surface area contributed by atoms with Crippen molar-refractivity contribution >= 4 is 5.91 Å². The monoisotopic (exact) mass is 382 g/mol. The van der Waals surface area contributed by atoms with Gasteiger partial charge < -0.3 is 14.2 Å². The summed E-state index contributed by atoms with van der Waals surface area (Å²) in [7, 11) is 1.73. The number of carbonyl (C=O) groups is 1. The fourth-order valence-corrected chi connectivity index (χ4v) is 2.90. The number of nitrogens with zero attached hydrogens (tertiary/aromatic N) is 4. The summed E-state index contributed by atoms with van der Waals surface area (Å²) in [6, 6.07) is 7.94. The largest absolute Gasteiger partial charge is 0.488 e. The molecule has 2 heterocycles. The lowest BCUT2D eigenvalue weighted by atomic mass is 10.1. The molecule has 0 radical (unpaired) electrons. The predicted molar refractivity (Wildman–Crippen MR) is 105 cm³/mol. The number of hydrogen-bond acceptors (Lipinski definition) is 5. The van der Waals surface area contributed by atoms with Gasteiger partial charge in [-0.15, -0.1) is 0 Å². The van der Waals surface area contributed by atoms with E-state index in [0.29, 0.717) is 17.9 Å². The Labute approximate surface area is 164 Å². The van der Waals surface area contributed by atoms with Crippen LogP contribution < -0.4 is 4.74 Å². The van der Waals surface area contributed by atoms with Gasteiger partial charge in [-0.25, -0.2) is 0 Å². The molecule has 0 saturated carbocycles. The van der Waals surface area contributed by atoms with E-state index in [2.05, 4.69) is 10.3 Å². The van der Waals surface area contributed by atoms with Crippen LogP contribution in [0.2, 0.25) is 0 Å². The number of carbonyl (C=O) groups excluding carboxylic acids is 1. The minimum Gasteiger partial charge on any atom is -0.488 e. The van der Waals surface area contributed by atoms with Crippen molar-refractivity contribution in [3.63, 3.8) is 0 Å². The Kier molecular flexibility index (Phi) is 5.82. The molecular formula is C21H26N4O3. The van der Waals surface area contributed by atoms with Crippen LogP contribution in [0.3, 0.4) is 0 Å². The molecule has 0 aliphatic carbocycles. The smallest absolute Gasteiger partial charge is 0.276 e. The molecule has 1 amide bonds. The molecule has 3 aromatic rings. The second-order valence-corrected chi connectivity index (χ2v) is 6.95. The van der Waals surface area contributed by atoms with Crippen LogP contribution in [0.5, 0.6) is 5.75 Å². The molecule has 7 nitrogen and oxygen atoms in total. The number of rotatable bonds is 7. The Hall–Kier alpha value is -3.09. The van der Waals surface area contributed by atoms with Crippen molar-refractivity contribution in [1.29, 1.82) is 0 Å². The molecule has 0 bridgehead atoms. The lowest BCUT2D eigenvalue weighted by molar-refractivity contribution is 0.0770. The standard InChI is InChI=1S/C21H26N4O3/c1-6-25-10-9-17(22-25)12-24(5)21(26)20-18(16(4)28-23-20)13-27-19-11-14(2)7-8-15(19)3/h7-11H,6,12-13H2,1-5H3. The summed E-state index contributed by atoms with van der Waals surface area (Å²) in [5.41, 5.74) is 3.92. The van der Waals surface area contributed by atoms with Gasteiger partial charge in [0.05, 0.1) is 17.8 Å². The highest BCUT2D eigenvalue weighted by molar-refractivity contribution is 5.93. The fraction of sp³-hybridized carbons (Fsp3) is 0.381. The topological polar surface area (TPSA) is 73.4 Å². The summed E-state index contributed by atoms with van der Waals surface area (Å²) < 4.78 is 13.1. The molecule has 3 rings (SSSR count). The van der Waals surface area contributed by atoms with Crippen LogP contribution in [0.25, 0.3) is 0 Å². The molecule has 0 N–H and O–H groups in total. The molecule has 0 saturated heterocycles. The van der Waals surface area contributed by atoms with Crippen LogP contribution in [-0.4, -0.2) is 32.8 Å². The number of aryl methyl sites for hydroxylation is 4. The van der Waals surface area contributed by atoms with Crippen molar-refractivity contribution in [2.45, 2.75) is 47.4 Å². The average Bonchev–Trinajstić information content (AvgIpc) is 3.28. The Morgan fingerprint density at radius 2 is 2.04 bits per heavy atom. The average molecular weight is 382 g/mol. The first-order valence-electron chi connectivity index (χ1n) is 9.32. The van der Waals surface area contributed by atoms with E-state index < -0.39 is 0 Å². The van der Waals surface area contributed by atoms with Gasteiger partial charge in [-0.2, -0.15) is 5.10 Å². The molecule has 0 aliphatic heterocycles. The Morgan fingerprint density at radius 3 is 2.75 bits per heavy atom. The van der Waals surface area contributed by atoms with Gasteiger partial charge in [0.1, 0.15) is 18.1 Å². The summed E-state index contributed by atoms with van der Waals surface area (Å²) in [4.78, 5) is 14.5. The molecular weight excluding hydrogens is 356 g/mol. The molecule has 0 unspecified atom stereocenters. The first kappa shape index (κ1) is 19.7. The van der Waals surface area contributed by atoms with Gasteiger partial charge in [0.25, 0.3) is 5.91 Å². The summed E-state index contributed by atoms with van der Waals surface area (Å²) in [5, 5.41) is 8.40. The van der Waals surface area contributed by atoms with Gasteiger partial charge in [-0.1, -0.05) is 17.3 Å². The highest BCUT2D eigenvalue weighted by atomic mass is 16.5. The zero-order valence-electron chi connectivity index (χ0n) is 17.0. The molecule has 28 heavy (non-hydrogen) atoms. The molecule has 1 aromatic carbocycles. The Balaban J connectivity index is 1.73. The lowest BCUT2D eigenvalue weighted by Gasteiger charge is -2.15. The molecule has 0 fully saturated rings. The minimum absolute atomic E-state index is 0.220. The Bertz CT molecular complexity index is 974. The number of hydrogen-bond donors (Lipinski definition) is 0. The van der Waals surface area contributed by atoms with E-state index in [1.807, 2.05) is 55.9 Å². The van der Waals surface area contributed by atoms with E-state index in [1.54, 1.807) is 18.9 Å². The summed E-state index contributed by atoms with van der Waals surface area (Å²) in [6.45, 7) is 9.22. The van der Waals surface area contributed by atoms with Crippen LogP contribution in [0.4, 0.5) is 0 Å². The van der Waals surface area contributed by atoms with E-state index in [1.165, 1.54) is 0 Å². The maximum Gasteiger partial charge on any atom is 0.276 e. The number of aromatic nitrogens is 3. The Morgan fingerprint density at radius 1 is 1.25 bits per heavy atom. The van der Waals surface area contributed by atoms with Crippen LogP contribution in [-0.2, 0) is 19.7 Å². The second kappa shape index (κ2) is 8.29. The van der Waals surface area contributed by atoms with Gasteiger partial charge in [-0.05, 0) is 51.0 Å². The van der Waals surface area contributed by atoms with E-state index in [4.69, 9.17) is 9.26 Å². The summed E-state index contributed by atoms with van der Waals surface area (Å²) in [6.07, 6.45) is 1.90. The van der Waals surface area contributed by atoms with E-state index in [0.717, 1.165) is 29.1 Å². The molecule has 0 atom stereocenters. The fourth-order valence-electron chi connectivity index (χ4n) is 2.90. The number of amides is 1. The molecule has 7 heteroatoms. The van der Waals surface area contributed by atoms with E-state index >= 15 is 0 Å². The third-order valence-corrected chi connectivity index (χ3v) is 4.67. The highest BCUT2D eigenvalue weighted by Crippen LogP contribution is 2.23. The summed E-state index contributed by atoms with van der Waals surface area (Å²) in [5.74, 6) is 1.15. The molecule has 148 valence electrons. The van der Waals surface area contributed by atoms with Crippen molar-refractivity contribution < 1.29 is 14.1 Å². The van der Waals surface area contributed by atoms with E-state index in [9.17, 15) is 4.79 Å². The zero-order chi connectivity index (χ0) is 20.3. The first-order valence-corrected chi connectivity index (χ1v) is 9.32. The third kappa shape index (κ3) is 4.24. The van der Waals surface area contributed by atoms with E-state index in [-0.39, 0.29) is 18.2 Å². The minimum atomic E-state index is -0.220. The molecule has 2 aromatic heterocycles. The number of ether oxygens (including phenoxy) is 1. The van der Waals surface area contributed by atoms with Crippen LogP contribution in [0, 0.1) is 20.8 Å². The predicted octanol–water partition coefficient (Wildman–Crippen LogP) is 3.67. The van der Waals surface area contributed by atoms with Crippen LogP contribution in [0.1, 0.15) is 45.6 Å². The summed E-state index contributed by atoms with van der Waals surface area (Å²) >= 11 is 0. The lowest BCUT2D eigenvalue weighted by Crippen LogP contribution is -2.28. The van der Waals surface area contributed by atoms with Crippen molar-refractivity contribution in [3.8, 4) is 5.75 Å². The van der Waals surface area contributed by atoms with Gasteiger partial charge in [0.15, 0.2) is 5.69 Å². The number of benzene rings is 1. The highest BCUT2D eigenvalue weighted by Gasteiger charge is 2.24. The maximum absolute atomic E-state index is 12.9. The van der Waals surface area contributed by atoms with Crippen molar-refractivity contribution in [3.05, 3.63) is 64.3 Å². The van der Waals surface area contributed by atoms with Gasteiger partial charge in [0.2, 0.25) is 0 Å².